The molecule has 0 radical (unpaired) electrons. The Morgan fingerprint density at radius 3 is 2.60 bits per heavy atom. The zero-order valence-corrected chi connectivity index (χ0v) is 13.7. The van der Waals surface area contributed by atoms with Crippen LogP contribution in [0.1, 0.15) is 22.8 Å². The zero-order valence-electron chi connectivity index (χ0n) is 13.7. The van der Waals surface area contributed by atoms with Crippen LogP contribution in [-0.2, 0) is 4.79 Å². The summed E-state index contributed by atoms with van der Waals surface area (Å²) in [6, 6.07) is 14.9. The fourth-order valence-electron chi connectivity index (χ4n) is 2.47. The molecule has 0 aliphatic carbocycles. The average Bonchev–Trinajstić information content (AvgIpc) is 3.03. The Balaban J connectivity index is 1.59. The number of benzene rings is 2. The molecule has 0 saturated carbocycles. The van der Waals surface area contributed by atoms with Gasteiger partial charge in [0.2, 0.25) is 5.91 Å². The molecular weight excluding hydrogens is 314 g/mol. The molecule has 2 aromatic carbocycles. The molecule has 1 aromatic heterocycles. The van der Waals surface area contributed by atoms with Gasteiger partial charge in [0.25, 0.3) is 5.91 Å². The summed E-state index contributed by atoms with van der Waals surface area (Å²) in [5.41, 5.74) is 3.08. The number of hydrogen-bond acceptors (Lipinski definition) is 2. The molecule has 5 heteroatoms. The van der Waals surface area contributed by atoms with Crippen molar-refractivity contribution in [1.82, 2.24) is 10.3 Å². The summed E-state index contributed by atoms with van der Waals surface area (Å²) in [5, 5.41) is 6.38. The van der Waals surface area contributed by atoms with Crippen LogP contribution < -0.4 is 10.6 Å². The first-order valence-electron chi connectivity index (χ1n) is 7.84. The van der Waals surface area contributed by atoms with Gasteiger partial charge in [0.1, 0.15) is 0 Å². The minimum absolute atomic E-state index is 0.112. The zero-order chi connectivity index (χ0) is 17.6. The van der Waals surface area contributed by atoms with E-state index in [0.717, 1.165) is 22.2 Å². The predicted molar refractivity (Wildman–Crippen MR) is 98.3 cm³/mol. The summed E-state index contributed by atoms with van der Waals surface area (Å²) in [6.07, 6.45) is 1.70. The van der Waals surface area contributed by atoms with Gasteiger partial charge in [-0.15, -0.1) is 0 Å². The topological polar surface area (TPSA) is 74.0 Å². The van der Waals surface area contributed by atoms with Crippen LogP contribution in [-0.4, -0.2) is 23.3 Å². The summed E-state index contributed by atoms with van der Waals surface area (Å²) < 4.78 is 0. The summed E-state index contributed by atoms with van der Waals surface area (Å²) in [6.45, 7) is 1.72. The van der Waals surface area contributed by atoms with Crippen molar-refractivity contribution in [3.05, 3.63) is 65.9 Å². The van der Waals surface area contributed by atoms with E-state index < -0.39 is 0 Å². The van der Waals surface area contributed by atoms with Crippen LogP contribution in [0.4, 0.5) is 5.69 Å². The third-order valence-electron chi connectivity index (χ3n) is 3.61. The quantitative estimate of drug-likeness (QED) is 0.646. The normalized spacial score (nSPS) is 9.96. The van der Waals surface area contributed by atoms with Crippen LogP contribution in [0.5, 0.6) is 0 Å². The minimum atomic E-state index is -0.159. The number of H-pyrrole nitrogens is 1. The Hall–Kier alpha value is -3.52. The number of carbonyl (C=O) groups excluding carboxylic acids is 2. The lowest BCUT2D eigenvalue weighted by atomic mass is 10.1. The minimum Gasteiger partial charge on any atom is -0.360 e. The van der Waals surface area contributed by atoms with Gasteiger partial charge in [-0.1, -0.05) is 30.0 Å². The Kier molecular flexibility index (Phi) is 4.82. The number of anilines is 1. The van der Waals surface area contributed by atoms with E-state index >= 15 is 0 Å². The lowest BCUT2D eigenvalue weighted by Gasteiger charge is -2.01. The maximum Gasteiger partial charge on any atom is 0.254 e. The fraction of sp³-hybridized carbons (Fsp3) is 0.100. The second kappa shape index (κ2) is 7.37. The largest absolute Gasteiger partial charge is 0.360 e. The summed E-state index contributed by atoms with van der Waals surface area (Å²) in [5.74, 6) is 5.63. The van der Waals surface area contributed by atoms with Crippen LogP contribution in [0.3, 0.4) is 0 Å². The van der Waals surface area contributed by atoms with Crippen molar-refractivity contribution in [2.24, 2.45) is 0 Å². The molecule has 0 aliphatic heterocycles. The second-order valence-electron chi connectivity index (χ2n) is 5.49. The Labute approximate surface area is 145 Å². The first-order valence-corrected chi connectivity index (χ1v) is 7.84. The van der Waals surface area contributed by atoms with Gasteiger partial charge in [-0.2, -0.15) is 0 Å². The molecule has 2 amide bonds. The van der Waals surface area contributed by atoms with E-state index in [1.807, 2.05) is 36.4 Å². The average molecular weight is 331 g/mol. The molecule has 0 spiro atoms. The van der Waals surface area contributed by atoms with Gasteiger partial charge in [0.15, 0.2) is 0 Å². The molecule has 0 saturated heterocycles. The van der Waals surface area contributed by atoms with Crippen molar-refractivity contribution in [3.63, 3.8) is 0 Å². The first-order chi connectivity index (χ1) is 12.1. The lowest BCUT2D eigenvalue weighted by Crippen LogP contribution is -2.23. The first kappa shape index (κ1) is 16.3. The number of hydrogen-bond donors (Lipinski definition) is 3. The molecule has 0 aliphatic rings. The standard InChI is InChI=1S/C20H17N3O2/c1-14(24)23-16-10-8-15(9-11-16)5-4-12-21-20(25)18-13-22-19-7-3-2-6-17(18)19/h2-3,6-11,13,22H,12H2,1H3,(H,21,25)(H,23,24). The molecule has 0 atom stereocenters. The highest BCUT2D eigenvalue weighted by atomic mass is 16.2. The summed E-state index contributed by atoms with van der Waals surface area (Å²) in [7, 11) is 0. The Bertz CT molecular complexity index is 975. The number of fused-ring (bicyclic) bond motifs is 1. The molecule has 124 valence electrons. The van der Waals surface area contributed by atoms with Crippen LogP contribution in [0.25, 0.3) is 10.9 Å². The van der Waals surface area contributed by atoms with Crippen molar-refractivity contribution in [2.45, 2.75) is 6.92 Å². The third kappa shape index (κ3) is 4.06. The van der Waals surface area contributed by atoms with Gasteiger partial charge in [-0.05, 0) is 30.3 Å². The molecule has 3 aromatic rings. The van der Waals surface area contributed by atoms with Crippen molar-refractivity contribution >= 4 is 28.4 Å². The maximum absolute atomic E-state index is 12.2. The van der Waals surface area contributed by atoms with Crippen molar-refractivity contribution in [1.29, 1.82) is 0 Å². The number of para-hydroxylation sites is 1. The van der Waals surface area contributed by atoms with Crippen LogP contribution in [0.15, 0.2) is 54.7 Å². The van der Waals surface area contributed by atoms with Crippen molar-refractivity contribution in [3.8, 4) is 11.8 Å². The molecule has 0 bridgehead atoms. The number of carbonyl (C=O) groups is 2. The van der Waals surface area contributed by atoms with E-state index in [2.05, 4.69) is 27.5 Å². The third-order valence-corrected chi connectivity index (χ3v) is 3.61. The highest BCUT2D eigenvalue weighted by Gasteiger charge is 2.10. The number of rotatable bonds is 3. The summed E-state index contributed by atoms with van der Waals surface area (Å²) >= 11 is 0. The van der Waals surface area contributed by atoms with Gasteiger partial charge in [-0.25, -0.2) is 0 Å². The molecule has 0 unspecified atom stereocenters. The molecule has 1 heterocycles. The molecular formula is C20H17N3O2. The smallest absolute Gasteiger partial charge is 0.254 e. The van der Waals surface area contributed by atoms with Crippen LogP contribution >= 0.6 is 0 Å². The SMILES string of the molecule is CC(=O)Nc1ccc(C#CCNC(=O)c2c[nH]c3ccccc23)cc1. The maximum atomic E-state index is 12.2. The van der Waals surface area contributed by atoms with Crippen molar-refractivity contribution in [2.75, 3.05) is 11.9 Å². The fourth-order valence-corrected chi connectivity index (χ4v) is 2.47. The second-order valence-corrected chi connectivity index (χ2v) is 5.49. The predicted octanol–water partition coefficient (Wildman–Crippen LogP) is 2.91. The van der Waals surface area contributed by atoms with E-state index in [9.17, 15) is 9.59 Å². The van der Waals surface area contributed by atoms with Gasteiger partial charge in [-0.3, -0.25) is 9.59 Å². The highest BCUT2D eigenvalue weighted by Crippen LogP contribution is 2.17. The van der Waals surface area contributed by atoms with Crippen LogP contribution in [0.2, 0.25) is 0 Å². The van der Waals surface area contributed by atoms with Gasteiger partial charge >= 0.3 is 0 Å². The van der Waals surface area contributed by atoms with Crippen molar-refractivity contribution < 1.29 is 9.59 Å². The van der Waals surface area contributed by atoms with Gasteiger partial charge < -0.3 is 15.6 Å². The Morgan fingerprint density at radius 2 is 1.84 bits per heavy atom. The molecule has 0 fully saturated rings. The Morgan fingerprint density at radius 1 is 1.08 bits per heavy atom. The van der Waals surface area contributed by atoms with E-state index in [1.165, 1.54) is 6.92 Å². The van der Waals surface area contributed by atoms with Gasteiger partial charge in [0, 0.05) is 35.3 Å². The monoisotopic (exact) mass is 331 g/mol. The van der Waals surface area contributed by atoms with E-state index in [0.29, 0.717) is 5.56 Å². The number of aromatic nitrogens is 1. The summed E-state index contributed by atoms with van der Waals surface area (Å²) in [4.78, 5) is 26.3. The van der Waals surface area contributed by atoms with Gasteiger partial charge in [0.05, 0.1) is 12.1 Å². The van der Waals surface area contributed by atoms with E-state index in [4.69, 9.17) is 0 Å². The number of nitrogens with one attached hydrogen (secondary N) is 3. The molecule has 25 heavy (non-hydrogen) atoms. The number of aromatic amines is 1. The molecule has 3 rings (SSSR count). The van der Waals surface area contributed by atoms with E-state index in [1.54, 1.807) is 18.3 Å². The lowest BCUT2D eigenvalue weighted by molar-refractivity contribution is -0.114. The molecule has 5 nitrogen and oxygen atoms in total. The highest BCUT2D eigenvalue weighted by molar-refractivity contribution is 6.06. The number of amides is 2. The van der Waals surface area contributed by atoms with Crippen LogP contribution in [0, 0.1) is 11.8 Å². The molecule has 3 N–H and O–H groups in total. The van der Waals surface area contributed by atoms with E-state index in [-0.39, 0.29) is 18.4 Å².